The molecule has 114 valence electrons. The minimum absolute atomic E-state index is 0.0650. The second-order valence-corrected chi connectivity index (χ2v) is 5.50. The van der Waals surface area contributed by atoms with Crippen LogP contribution < -0.4 is 5.32 Å². The van der Waals surface area contributed by atoms with Gasteiger partial charge in [-0.15, -0.1) is 10.2 Å². The molecule has 0 saturated carbocycles. The van der Waals surface area contributed by atoms with Gasteiger partial charge in [-0.1, -0.05) is 17.7 Å². The van der Waals surface area contributed by atoms with E-state index in [1.165, 1.54) is 0 Å². The maximum absolute atomic E-state index is 5.96. The van der Waals surface area contributed by atoms with E-state index in [2.05, 4.69) is 15.5 Å². The van der Waals surface area contributed by atoms with Crippen LogP contribution in [-0.2, 0) is 6.54 Å². The Bertz CT molecular complexity index is 766. The standard InChI is InChI=1S/C16H16ClN3O2/c1-10-6-7-14(21-10)11(2)18-9-15-19-20-16(22-15)12-4-3-5-13(17)8-12/h3-8,11,18H,9H2,1-2H3/t11-/m0/s1. The highest BCUT2D eigenvalue weighted by atomic mass is 35.5. The summed E-state index contributed by atoms with van der Waals surface area (Å²) >= 11 is 5.96. The van der Waals surface area contributed by atoms with E-state index in [0.29, 0.717) is 23.3 Å². The quantitative estimate of drug-likeness (QED) is 0.766. The predicted molar refractivity (Wildman–Crippen MR) is 83.4 cm³/mol. The third-order valence-electron chi connectivity index (χ3n) is 3.29. The Labute approximate surface area is 133 Å². The van der Waals surface area contributed by atoms with E-state index < -0.39 is 0 Å². The number of nitrogens with zero attached hydrogens (tertiary/aromatic N) is 2. The number of aromatic nitrogens is 2. The lowest BCUT2D eigenvalue weighted by Crippen LogP contribution is -2.17. The first kappa shape index (κ1) is 14.8. The number of benzene rings is 1. The zero-order valence-corrected chi connectivity index (χ0v) is 13.1. The lowest BCUT2D eigenvalue weighted by molar-refractivity contribution is 0.394. The van der Waals surface area contributed by atoms with Crippen molar-refractivity contribution in [3.8, 4) is 11.5 Å². The summed E-state index contributed by atoms with van der Waals surface area (Å²) in [5.41, 5.74) is 0.806. The monoisotopic (exact) mass is 317 g/mol. The van der Waals surface area contributed by atoms with Gasteiger partial charge in [-0.25, -0.2) is 0 Å². The fraction of sp³-hybridized carbons (Fsp3) is 0.250. The molecule has 0 amide bonds. The Morgan fingerprint density at radius 2 is 2.05 bits per heavy atom. The first-order chi connectivity index (χ1) is 10.6. The smallest absolute Gasteiger partial charge is 0.247 e. The topological polar surface area (TPSA) is 64.1 Å². The molecule has 2 heterocycles. The second kappa shape index (κ2) is 6.34. The molecule has 1 N–H and O–H groups in total. The summed E-state index contributed by atoms with van der Waals surface area (Å²) in [5, 5.41) is 12.0. The number of rotatable bonds is 5. The Morgan fingerprint density at radius 3 is 2.77 bits per heavy atom. The van der Waals surface area contributed by atoms with Crippen molar-refractivity contribution >= 4 is 11.6 Å². The van der Waals surface area contributed by atoms with Crippen LogP contribution in [0.1, 0.15) is 30.4 Å². The number of halogens is 1. The van der Waals surface area contributed by atoms with Crippen molar-refractivity contribution in [3.05, 3.63) is 58.8 Å². The van der Waals surface area contributed by atoms with Crippen molar-refractivity contribution in [3.63, 3.8) is 0 Å². The van der Waals surface area contributed by atoms with Crippen LogP contribution in [-0.4, -0.2) is 10.2 Å². The van der Waals surface area contributed by atoms with Crippen molar-refractivity contribution in [2.45, 2.75) is 26.4 Å². The highest BCUT2D eigenvalue weighted by Gasteiger charge is 2.12. The highest BCUT2D eigenvalue weighted by molar-refractivity contribution is 6.30. The van der Waals surface area contributed by atoms with E-state index in [4.69, 9.17) is 20.4 Å². The van der Waals surface area contributed by atoms with Gasteiger partial charge < -0.3 is 8.83 Å². The van der Waals surface area contributed by atoms with Crippen LogP contribution in [0.4, 0.5) is 0 Å². The summed E-state index contributed by atoms with van der Waals surface area (Å²) in [6.45, 7) is 4.41. The Balaban J connectivity index is 1.65. The van der Waals surface area contributed by atoms with Gasteiger partial charge in [0.25, 0.3) is 0 Å². The van der Waals surface area contributed by atoms with Gasteiger partial charge in [0.2, 0.25) is 11.8 Å². The molecule has 0 saturated heterocycles. The van der Waals surface area contributed by atoms with Crippen molar-refractivity contribution < 1.29 is 8.83 Å². The molecular formula is C16H16ClN3O2. The summed E-state index contributed by atoms with van der Waals surface area (Å²) < 4.78 is 11.2. The Kier molecular flexibility index (Phi) is 4.27. The maximum atomic E-state index is 5.96. The fourth-order valence-electron chi connectivity index (χ4n) is 2.09. The number of aryl methyl sites for hydroxylation is 1. The van der Waals surface area contributed by atoms with E-state index >= 15 is 0 Å². The molecule has 3 aromatic rings. The Hall–Kier alpha value is -2.11. The van der Waals surface area contributed by atoms with Gasteiger partial charge in [-0.3, -0.25) is 5.32 Å². The Morgan fingerprint density at radius 1 is 1.18 bits per heavy atom. The molecular weight excluding hydrogens is 302 g/mol. The van der Waals surface area contributed by atoms with Crippen LogP contribution >= 0.6 is 11.6 Å². The molecule has 0 aliphatic carbocycles. The molecule has 5 nitrogen and oxygen atoms in total. The first-order valence-corrected chi connectivity index (χ1v) is 7.37. The summed E-state index contributed by atoms with van der Waals surface area (Å²) in [5.74, 6) is 2.75. The lowest BCUT2D eigenvalue weighted by Gasteiger charge is -2.08. The van der Waals surface area contributed by atoms with Gasteiger partial charge in [0.1, 0.15) is 11.5 Å². The summed E-state index contributed by atoms with van der Waals surface area (Å²) in [6, 6.07) is 11.3. The SMILES string of the molecule is Cc1ccc([C@H](C)NCc2nnc(-c3cccc(Cl)c3)o2)o1. The third-order valence-corrected chi connectivity index (χ3v) is 3.52. The van der Waals surface area contributed by atoms with E-state index in [9.17, 15) is 0 Å². The van der Waals surface area contributed by atoms with Crippen molar-refractivity contribution in [1.82, 2.24) is 15.5 Å². The van der Waals surface area contributed by atoms with E-state index in [-0.39, 0.29) is 6.04 Å². The highest BCUT2D eigenvalue weighted by Crippen LogP contribution is 2.22. The van der Waals surface area contributed by atoms with Crippen LogP contribution in [0.5, 0.6) is 0 Å². The molecule has 0 aliphatic rings. The summed E-state index contributed by atoms with van der Waals surface area (Å²) in [6.07, 6.45) is 0. The molecule has 3 rings (SSSR count). The van der Waals surface area contributed by atoms with Gasteiger partial charge in [0.15, 0.2) is 0 Å². The molecule has 0 bridgehead atoms. The van der Waals surface area contributed by atoms with Gasteiger partial charge >= 0.3 is 0 Å². The summed E-state index contributed by atoms with van der Waals surface area (Å²) in [7, 11) is 0. The lowest BCUT2D eigenvalue weighted by atomic mass is 10.2. The van der Waals surface area contributed by atoms with E-state index in [1.54, 1.807) is 12.1 Å². The molecule has 1 atom stereocenters. The average Bonchev–Trinajstić information content (AvgIpc) is 3.14. The molecule has 22 heavy (non-hydrogen) atoms. The summed E-state index contributed by atoms with van der Waals surface area (Å²) in [4.78, 5) is 0. The van der Waals surface area contributed by atoms with Gasteiger partial charge in [0, 0.05) is 10.6 Å². The first-order valence-electron chi connectivity index (χ1n) is 7.00. The fourth-order valence-corrected chi connectivity index (χ4v) is 2.28. The van der Waals surface area contributed by atoms with Crippen molar-refractivity contribution in [2.24, 2.45) is 0 Å². The minimum atomic E-state index is 0.0650. The molecule has 2 aromatic heterocycles. The molecule has 0 unspecified atom stereocenters. The molecule has 0 radical (unpaired) electrons. The van der Waals surface area contributed by atoms with Gasteiger partial charge in [-0.05, 0) is 44.2 Å². The normalized spacial score (nSPS) is 12.5. The molecule has 0 spiro atoms. The molecule has 0 aliphatic heterocycles. The van der Waals surface area contributed by atoms with Crippen LogP contribution in [0.2, 0.25) is 5.02 Å². The zero-order chi connectivity index (χ0) is 15.5. The molecule has 0 fully saturated rings. The van der Waals surface area contributed by atoms with Crippen LogP contribution in [0.15, 0.2) is 45.2 Å². The molecule has 1 aromatic carbocycles. The number of furan rings is 1. The molecule has 6 heteroatoms. The second-order valence-electron chi connectivity index (χ2n) is 5.06. The van der Waals surface area contributed by atoms with Gasteiger partial charge in [0.05, 0.1) is 12.6 Å². The number of hydrogen-bond acceptors (Lipinski definition) is 5. The predicted octanol–water partition coefficient (Wildman–Crippen LogP) is 4.14. The van der Waals surface area contributed by atoms with E-state index in [0.717, 1.165) is 17.1 Å². The average molecular weight is 318 g/mol. The number of nitrogens with one attached hydrogen (secondary N) is 1. The third kappa shape index (κ3) is 3.37. The van der Waals surface area contributed by atoms with E-state index in [1.807, 2.05) is 38.1 Å². The largest absolute Gasteiger partial charge is 0.465 e. The van der Waals surface area contributed by atoms with Crippen molar-refractivity contribution in [2.75, 3.05) is 0 Å². The van der Waals surface area contributed by atoms with Crippen LogP contribution in [0.25, 0.3) is 11.5 Å². The van der Waals surface area contributed by atoms with Crippen LogP contribution in [0.3, 0.4) is 0 Å². The van der Waals surface area contributed by atoms with Crippen molar-refractivity contribution in [1.29, 1.82) is 0 Å². The van der Waals surface area contributed by atoms with Gasteiger partial charge in [-0.2, -0.15) is 0 Å². The minimum Gasteiger partial charge on any atom is -0.465 e. The maximum Gasteiger partial charge on any atom is 0.247 e. The number of hydrogen-bond donors (Lipinski definition) is 1. The zero-order valence-electron chi connectivity index (χ0n) is 12.3. The van der Waals surface area contributed by atoms with Crippen LogP contribution in [0, 0.1) is 6.92 Å².